The molecule has 0 aromatic heterocycles. The lowest BCUT2D eigenvalue weighted by molar-refractivity contribution is -0.136. The second kappa shape index (κ2) is 7.71. The number of hydrazone groups is 1. The predicted octanol–water partition coefficient (Wildman–Crippen LogP) is 3.22. The van der Waals surface area contributed by atoms with Gasteiger partial charge in [0.2, 0.25) is 0 Å². The van der Waals surface area contributed by atoms with Crippen molar-refractivity contribution in [3.63, 3.8) is 0 Å². The third kappa shape index (κ3) is 5.05. The van der Waals surface area contributed by atoms with E-state index in [0.29, 0.717) is 15.6 Å². The second-order valence-electron chi connectivity index (χ2n) is 4.33. The molecule has 0 aliphatic rings. The Labute approximate surface area is 141 Å². The third-order valence-electron chi connectivity index (χ3n) is 2.64. The van der Waals surface area contributed by atoms with E-state index in [1.165, 1.54) is 24.4 Å². The number of anilines is 1. The molecule has 118 valence electrons. The van der Waals surface area contributed by atoms with Gasteiger partial charge in [0.25, 0.3) is 0 Å². The molecule has 0 unspecified atom stereocenters. The maximum atomic E-state index is 12.7. The van der Waals surface area contributed by atoms with Crippen LogP contribution in [0.15, 0.2) is 47.6 Å². The average molecular weight is 354 g/mol. The maximum Gasteiger partial charge on any atom is 0.329 e. The Morgan fingerprint density at radius 3 is 2.39 bits per heavy atom. The van der Waals surface area contributed by atoms with E-state index in [1.807, 2.05) is 0 Å². The molecule has 0 saturated carbocycles. The van der Waals surface area contributed by atoms with Crippen LogP contribution in [0.1, 0.15) is 5.56 Å². The van der Waals surface area contributed by atoms with Crippen molar-refractivity contribution in [2.45, 2.75) is 0 Å². The number of carbonyl (C=O) groups is 2. The molecule has 0 heterocycles. The van der Waals surface area contributed by atoms with Crippen molar-refractivity contribution in [3.8, 4) is 0 Å². The van der Waals surface area contributed by atoms with Crippen LogP contribution in [0.3, 0.4) is 0 Å². The molecule has 2 amide bonds. The van der Waals surface area contributed by atoms with Crippen molar-refractivity contribution in [2.24, 2.45) is 5.10 Å². The minimum absolute atomic E-state index is 0.288. The fourth-order valence-electron chi connectivity index (χ4n) is 1.54. The minimum Gasteiger partial charge on any atom is -0.318 e. The van der Waals surface area contributed by atoms with E-state index >= 15 is 0 Å². The molecular formula is C15H10Cl2FN3O2. The van der Waals surface area contributed by atoms with Crippen molar-refractivity contribution in [1.29, 1.82) is 0 Å². The van der Waals surface area contributed by atoms with Crippen LogP contribution in [0.4, 0.5) is 10.1 Å². The summed E-state index contributed by atoms with van der Waals surface area (Å²) in [7, 11) is 0. The lowest BCUT2D eigenvalue weighted by Gasteiger charge is -2.03. The first-order valence-electron chi connectivity index (χ1n) is 6.31. The van der Waals surface area contributed by atoms with Crippen LogP contribution in [0.25, 0.3) is 0 Å². The summed E-state index contributed by atoms with van der Waals surface area (Å²) in [6.07, 6.45) is 1.28. The average Bonchev–Trinajstić information content (AvgIpc) is 2.51. The molecule has 0 saturated heterocycles. The molecule has 0 spiro atoms. The molecule has 0 bridgehead atoms. The van der Waals surface area contributed by atoms with Gasteiger partial charge in [-0.3, -0.25) is 9.59 Å². The van der Waals surface area contributed by atoms with E-state index in [1.54, 1.807) is 12.1 Å². The summed E-state index contributed by atoms with van der Waals surface area (Å²) in [4.78, 5) is 23.2. The minimum atomic E-state index is -0.976. The van der Waals surface area contributed by atoms with Crippen LogP contribution < -0.4 is 10.7 Å². The van der Waals surface area contributed by atoms with Gasteiger partial charge in [0.05, 0.1) is 11.2 Å². The van der Waals surface area contributed by atoms with Crippen LogP contribution in [-0.4, -0.2) is 18.0 Å². The van der Waals surface area contributed by atoms with Gasteiger partial charge in [-0.15, -0.1) is 0 Å². The van der Waals surface area contributed by atoms with E-state index in [0.717, 1.165) is 12.1 Å². The third-order valence-corrected chi connectivity index (χ3v) is 3.20. The lowest BCUT2D eigenvalue weighted by Crippen LogP contribution is -2.32. The molecule has 2 N–H and O–H groups in total. The number of hydrogen-bond acceptors (Lipinski definition) is 3. The number of benzene rings is 2. The molecule has 2 aromatic rings. The van der Waals surface area contributed by atoms with Gasteiger partial charge in [-0.05, 0) is 36.4 Å². The van der Waals surface area contributed by atoms with Crippen LogP contribution >= 0.6 is 23.2 Å². The highest BCUT2D eigenvalue weighted by molar-refractivity contribution is 6.39. The molecule has 23 heavy (non-hydrogen) atoms. The van der Waals surface area contributed by atoms with Crippen LogP contribution in [0.5, 0.6) is 0 Å². The standard InChI is InChI=1S/C15H10Cl2FN3O2/c16-10-2-1-9(13(17)7-10)8-19-21-15(23)14(22)20-12-5-3-11(18)4-6-12/h1-8H,(H,20,22)(H,21,23). The zero-order chi connectivity index (χ0) is 16.8. The maximum absolute atomic E-state index is 12.7. The summed E-state index contributed by atoms with van der Waals surface area (Å²) >= 11 is 11.7. The first-order valence-corrected chi connectivity index (χ1v) is 7.06. The molecule has 0 atom stereocenters. The Kier molecular flexibility index (Phi) is 5.67. The molecule has 8 heteroatoms. The number of carbonyl (C=O) groups excluding carboxylic acids is 2. The van der Waals surface area contributed by atoms with Gasteiger partial charge in [0.15, 0.2) is 0 Å². The smallest absolute Gasteiger partial charge is 0.318 e. The number of nitrogens with zero attached hydrogens (tertiary/aromatic N) is 1. The summed E-state index contributed by atoms with van der Waals surface area (Å²) in [5.74, 6) is -2.36. The van der Waals surface area contributed by atoms with Gasteiger partial charge in [-0.1, -0.05) is 29.3 Å². The van der Waals surface area contributed by atoms with Gasteiger partial charge < -0.3 is 5.32 Å². The topological polar surface area (TPSA) is 70.6 Å². The molecule has 0 aliphatic heterocycles. The number of hydrogen-bond donors (Lipinski definition) is 2. The van der Waals surface area contributed by atoms with Crippen molar-refractivity contribution in [2.75, 3.05) is 5.32 Å². The van der Waals surface area contributed by atoms with E-state index in [4.69, 9.17) is 23.2 Å². The molecule has 5 nitrogen and oxygen atoms in total. The number of amides is 2. The fourth-order valence-corrected chi connectivity index (χ4v) is 2.00. The summed E-state index contributed by atoms with van der Waals surface area (Å²) in [5, 5.41) is 6.76. The summed E-state index contributed by atoms with van der Waals surface area (Å²) in [6.45, 7) is 0. The number of nitrogens with one attached hydrogen (secondary N) is 2. The normalized spacial score (nSPS) is 10.6. The monoisotopic (exact) mass is 353 g/mol. The first kappa shape index (κ1) is 16.9. The van der Waals surface area contributed by atoms with Gasteiger partial charge in [-0.25, -0.2) is 9.82 Å². The van der Waals surface area contributed by atoms with Gasteiger partial charge in [0, 0.05) is 16.3 Å². The summed E-state index contributed by atoms with van der Waals surface area (Å²) < 4.78 is 12.7. The van der Waals surface area contributed by atoms with Crippen LogP contribution in [0.2, 0.25) is 10.0 Å². The molecule has 2 aromatic carbocycles. The molecule has 0 radical (unpaired) electrons. The predicted molar refractivity (Wildman–Crippen MR) is 87.2 cm³/mol. The van der Waals surface area contributed by atoms with Crippen molar-refractivity contribution in [3.05, 3.63) is 63.9 Å². The highest BCUT2D eigenvalue weighted by Gasteiger charge is 2.12. The summed E-state index contributed by atoms with van der Waals surface area (Å²) in [6, 6.07) is 9.72. The number of rotatable bonds is 3. The first-order chi connectivity index (χ1) is 11.0. The van der Waals surface area contributed by atoms with Gasteiger partial charge >= 0.3 is 11.8 Å². The number of halogens is 3. The van der Waals surface area contributed by atoms with Gasteiger partial charge in [-0.2, -0.15) is 5.10 Å². The second-order valence-corrected chi connectivity index (χ2v) is 5.17. The molecular weight excluding hydrogens is 344 g/mol. The quantitative estimate of drug-likeness (QED) is 0.505. The Morgan fingerprint density at radius 2 is 1.74 bits per heavy atom. The fraction of sp³-hybridized carbons (Fsp3) is 0. The largest absolute Gasteiger partial charge is 0.329 e. The van der Waals surface area contributed by atoms with E-state index in [9.17, 15) is 14.0 Å². The van der Waals surface area contributed by atoms with Crippen LogP contribution in [0, 0.1) is 5.82 Å². The summed E-state index contributed by atoms with van der Waals surface area (Å²) in [5.41, 5.74) is 2.87. The zero-order valence-corrected chi connectivity index (χ0v) is 13.0. The lowest BCUT2D eigenvalue weighted by atomic mass is 10.2. The molecule has 2 rings (SSSR count). The Balaban J connectivity index is 1.92. The van der Waals surface area contributed by atoms with E-state index in [-0.39, 0.29) is 5.69 Å². The zero-order valence-electron chi connectivity index (χ0n) is 11.5. The molecule has 0 fully saturated rings. The van der Waals surface area contributed by atoms with Crippen molar-refractivity contribution in [1.82, 2.24) is 5.43 Å². The van der Waals surface area contributed by atoms with Gasteiger partial charge in [0.1, 0.15) is 5.82 Å². The van der Waals surface area contributed by atoms with Crippen LogP contribution in [-0.2, 0) is 9.59 Å². The highest BCUT2D eigenvalue weighted by atomic mass is 35.5. The van der Waals surface area contributed by atoms with E-state index in [2.05, 4.69) is 15.8 Å². The Hall–Kier alpha value is -2.44. The van der Waals surface area contributed by atoms with Crippen molar-refractivity contribution >= 4 is 46.9 Å². The molecule has 0 aliphatic carbocycles. The SMILES string of the molecule is O=C(NN=Cc1ccc(Cl)cc1Cl)C(=O)Nc1ccc(F)cc1. The van der Waals surface area contributed by atoms with E-state index < -0.39 is 17.6 Å². The Bertz CT molecular complexity index is 764. The van der Waals surface area contributed by atoms with Crippen molar-refractivity contribution < 1.29 is 14.0 Å². The Morgan fingerprint density at radius 1 is 1.04 bits per heavy atom. The highest BCUT2D eigenvalue weighted by Crippen LogP contribution is 2.19.